The summed E-state index contributed by atoms with van der Waals surface area (Å²) < 4.78 is 5.74. The first-order chi connectivity index (χ1) is 10.3. The minimum absolute atomic E-state index is 0. The summed E-state index contributed by atoms with van der Waals surface area (Å²) in [5, 5.41) is 9.46. The molecule has 5 heteroatoms. The lowest BCUT2D eigenvalue weighted by atomic mass is 9.85. The Kier molecular flexibility index (Phi) is 6.09. The number of para-hydroxylation sites is 1. The number of carboxylic acid groups (broad SMARTS) is 1. The van der Waals surface area contributed by atoms with E-state index in [9.17, 15) is 9.90 Å². The van der Waals surface area contributed by atoms with Crippen molar-refractivity contribution >= 4 is 18.4 Å². The molecule has 1 aromatic carbocycles. The van der Waals surface area contributed by atoms with E-state index >= 15 is 0 Å². The minimum Gasteiger partial charge on any atom is -0.492 e. The van der Waals surface area contributed by atoms with Gasteiger partial charge >= 0.3 is 5.97 Å². The number of aliphatic carboxylic acids is 1. The Morgan fingerprint density at radius 2 is 1.95 bits per heavy atom. The molecule has 4 nitrogen and oxygen atoms in total. The Bertz CT molecular complexity index is 482. The summed E-state index contributed by atoms with van der Waals surface area (Å²) in [6.07, 6.45) is 5.61. The summed E-state index contributed by atoms with van der Waals surface area (Å²) in [4.78, 5) is 13.7. The van der Waals surface area contributed by atoms with Crippen LogP contribution in [0.15, 0.2) is 30.3 Å². The Labute approximate surface area is 137 Å². The van der Waals surface area contributed by atoms with Crippen molar-refractivity contribution in [1.29, 1.82) is 0 Å². The molecule has 1 aliphatic heterocycles. The van der Waals surface area contributed by atoms with Gasteiger partial charge in [-0.1, -0.05) is 31.0 Å². The minimum atomic E-state index is -0.677. The van der Waals surface area contributed by atoms with E-state index in [1.165, 1.54) is 19.3 Å². The van der Waals surface area contributed by atoms with Crippen LogP contribution in [0.25, 0.3) is 0 Å². The second-order valence-corrected chi connectivity index (χ2v) is 6.10. The highest BCUT2D eigenvalue weighted by Gasteiger charge is 2.44. The third kappa shape index (κ3) is 3.73. The van der Waals surface area contributed by atoms with Gasteiger partial charge < -0.3 is 9.84 Å². The molecule has 1 saturated heterocycles. The van der Waals surface area contributed by atoms with Crippen LogP contribution in [-0.4, -0.2) is 41.2 Å². The molecule has 1 aliphatic carbocycles. The zero-order valence-electron chi connectivity index (χ0n) is 12.7. The summed E-state index contributed by atoms with van der Waals surface area (Å²) in [6, 6.07) is 9.84. The summed E-state index contributed by atoms with van der Waals surface area (Å²) in [6.45, 7) is 1.25. The Morgan fingerprint density at radius 3 is 2.68 bits per heavy atom. The van der Waals surface area contributed by atoms with Crippen molar-refractivity contribution in [2.75, 3.05) is 13.2 Å². The number of likely N-dealkylation sites (tertiary alicyclic amines) is 1. The number of hydrogen-bond acceptors (Lipinski definition) is 3. The molecule has 0 amide bonds. The molecule has 1 aromatic rings. The van der Waals surface area contributed by atoms with Crippen molar-refractivity contribution in [3.05, 3.63) is 30.3 Å². The Hall–Kier alpha value is -1.26. The average Bonchev–Trinajstić information content (AvgIpc) is 2.88. The quantitative estimate of drug-likeness (QED) is 0.903. The maximum atomic E-state index is 11.5. The zero-order chi connectivity index (χ0) is 14.7. The predicted molar refractivity (Wildman–Crippen MR) is 87.7 cm³/mol. The average molecular weight is 326 g/mol. The topological polar surface area (TPSA) is 49.8 Å². The molecule has 1 saturated carbocycles. The van der Waals surface area contributed by atoms with Crippen LogP contribution in [0.2, 0.25) is 0 Å². The number of hydrogen-bond donors (Lipinski definition) is 1. The molecule has 0 spiro atoms. The van der Waals surface area contributed by atoms with E-state index in [1.54, 1.807) is 0 Å². The molecular weight excluding hydrogens is 302 g/mol. The van der Waals surface area contributed by atoms with Crippen molar-refractivity contribution in [3.8, 4) is 5.75 Å². The van der Waals surface area contributed by atoms with Crippen molar-refractivity contribution in [1.82, 2.24) is 4.90 Å². The third-order valence-corrected chi connectivity index (χ3v) is 4.87. The molecule has 0 radical (unpaired) electrons. The fourth-order valence-electron chi connectivity index (χ4n) is 3.90. The summed E-state index contributed by atoms with van der Waals surface area (Å²) in [5.41, 5.74) is 0. The lowest BCUT2D eigenvalue weighted by Crippen LogP contribution is -2.44. The van der Waals surface area contributed by atoms with Crippen molar-refractivity contribution in [2.45, 2.75) is 44.2 Å². The first kappa shape index (κ1) is 17.1. The molecule has 0 aromatic heterocycles. The highest BCUT2D eigenvalue weighted by atomic mass is 35.5. The van der Waals surface area contributed by atoms with E-state index in [1.807, 2.05) is 30.3 Å². The molecule has 1 heterocycles. The largest absolute Gasteiger partial charge is 0.492 e. The van der Waals surface area contributed by atoms with Crippen LogP contribution in [0, 0.1) is 5.92 Å². The second kappa shape index (κ2) is 7.84. The molecule has 122 valence electrons. The first-order valence-electron chi connectivity index (χ1n) is 7.92. The van der Waals surface area contributed by atoms with Crippen molar-refractivity contribution in [2.24, 2.45) is 5.92 Å². The molecular formula is C17H24ClNO3. The standard InChI is InChI=1S/C17H23NO3.ClH/c19-17(20)16-12-13-6-4-5-9-15(13)18(16)10-11-21-14-7-2-1-3-8-14;/h1-3,7-8,13,15-16H,4-6,9-12H2,(H,19,20);1H. The smallest absolute Gasteiger partial charge is 0.320 e. The highest BCUT2D eigenvalue weighted by molar-refractivity contribution is 5.85. The van der Waals surface area contributed by atoms with Gasteiger partial charge in [0.25, 0.3) is 0 Å². The lowest BCUT2D eigenvalue weighted by Gasteiger charge is -2.32. The summed E-state index contributed by atoms with van der Waals surface area (Å²) in [5.74, 6) is 0.740. The Balaban J connectivity index is 0.00000176. The molecule has 3 rings (SSSR count). The van der Waals surface area contributed by atoms with Crippen LogP contribution in [0.1, 0.15) is 32.1 Å². The molecule has 2 aliphatic rings. The van der Waals surface area contributed by atoms with Gasteiger partial charge in [-0.05, 0) is 37.3 Å². The van der Waals surface area contributed by atoms with Crippen molar-refractivity contribution in [3.63, 3.8) is 0 Å². The second-order valence-electron chi connectivity index (χ2n) is 6.10. The number of ether oxygens (including phenoxy) is 1. The van der Waals surface area contributed by atoms with Gasteiger partial charge in [0.1, 0.15) is 18.4 Å². The van der Waals surface area contributed by atoms with E-state index in [0.29, 0.717) is 25.1 Å². The zero-order valence-corrected chi connectivity index (χ0v) is 13.5. The summed E-state index contributed by atoms with van der Waals surface area (Å²) >= 11 is 0. The van der Waals surface area contributed by atoms with Crippen LogP contribution in [0.5, 0.6) is 5.75 Å². The van der Waals surface area contributed by atoms with Crippen LogP contribution in [-0.2, 0) is 4.79 Å². The molecule has 3 unspecified atom stereocenters. The first-order valence-corrected chi connectivity index (χ1v) is 7.92. The van der Waals surface area contributed by atoms with E-state index in [-0.39, 0.29) is 18.4 Å². The molecule has 3 atom stereocenters. The van der Waals surface area contributed by atoms with E-state index in [0.717, 1.165) is 18.6 Å². The maximum absolute atomic E-state index is 11.5. The lowest BCUT2D eigenvalue weighted by molar-refractivity contribution is -0.142. The highest BCUT2D eigenvalue weighted by Crippen LogP contribution is 2.39. The fraction of sp³-hybridized carbons (Fsp3) is 0.588. The van der Waals surface area contributed by atoms with Crippen LogP contribution < -0.4 is 4.74 Å². The molecule has 1 N–H and O–H groups in total. The number of benzene rings is 1. The number of nitrogens with zero attached hydrogens (tertiary/aromatic N) is 1. The van der Waals surface area contributed by atoms with Crippen LogP contribution >= 0.6 is 12.4 Å². The number of fused-ring (bicyclic) bond motifs is 1. The van der Waals surface area contributed by atoms with Gasteiger partial charge in [-0.3, -0.25) is 9.69 Å². The van der Waals surface area contributed by atoms with E-state index in [2.05, 4.69) is 4.90 Å². The third-order valence-electron chi connectivity index (χ3n) is 4.87. The monoisotopic (exact) mass is 325 g/mol. The van der Waals surface area contributed by atoms with Gasteiger partial charge in [0, 0.05) is 12.6 Å². The van der Waals surface area contributed by atoms with Crippen molar-refractivity contribution < 1.29 is 14.6 Å². The number of halogens is 1. The predicted octanol–water partition coefficient (Wildman–Crippen LogP) is 3.20. The van der Waals surface area contributed by atoms with Crippen LogP contribution in [0.4, 0.5) is 0 Å². The fourth-order valence-corrected chi connectivity index (χ4v) is 3.90. The molecule has 2 fully saturated rings. The molecule has 0 bridgehead atoms. The number of rotatable bonds is 5. The molecule has 22 heavy (non-hydrogen) atoms. The SMILES string of the molecule is Cl.O=C(O)C1CC2CCCCC2N1CCOc1ccccc1. The number of carboxylic acids is 1. The van der Waals surface area contributed by atoms with Gasteiger partial charge in [-0.15, -0.1) is 12.4 Å². The van der Waals surface area contributed by atoms with Gasteiger partial charge in [0.05, 0.1) is 0 Å². The normalized spacial score (nSPS) is 27.7. The van der Waals surface area contributed by atoms with Gasteiger partial charge in [0.2, 0.25) is 0 Å². The van der Waals surface area contributed by atoms with E-state index in [4.69, 9.17) is 4.74 Å². The summed E-state index contributed by atoms with van der Waals surface area (Å²) in [7, 11) is 0. The van der Waals surface area contributed by atoms with E-state index < -0.39 is 5.97 Å². The maximum Gasteiger partial charge on any atom is 0.320 e. The number of carbonyl (C=O) groups is 1. The van der Waals surface area contributed by atoms with Gasteiger partial charge in [-0.2, -0.15) is 0 Å². The Morgan fingerprint density at radius 1 is 1.23 bits per heavy atom. The van der Waals surface area contributed by atoms with Gasteiger partial charge in [0.15, 0.2) is 0 Å². The van der Waals surface area contributed by atoms with Crippen LogP contribution in [0.3, 0.4) is 0 Å². The van der Waals surface area contributed by atoms with Gasteiger partial charge in [-0.25, -0.2) is 0 Å².